The number of nitrogens with zero attached hydrogens (tertiary/aromatic N) is 1. The van der Waals surface area contributed by atoms with Crippen molar-refractivity contribution in [1.29, 1.82) is 0 Å². The lowest BCUT2D eigenvalue weighted by atomic mass is 9.94. The second-order valence-corrected chi connectivity index (χ2v) is 5.49. The molecular weight excluding hydrogens is 256 g/mol. The first kappa shape index (κ1) is 16.1. The third-order valence-corrected chi connectivity index (χ3v) is 2.99. The number of aryl methyl sites for hydroxylation is 1. The van der Waals surface area contributed by atoms with E-state index in [1.54, 1.807) is 12.1 Å². The molecule has 1 heterocycles. The van der Waals surface area contributed by atoms with E-state index in [1.807, 2.05) is 20.8 Å². The van der Waals surface area contributed by atoms with E-state index in [-0.39, 0.29) is 18.2 Å². The first-order valence-corrected chi connectivity index (χ1v) is 6.81. The number of rotatable bonds is 7. The van der Waals surface area contributed by atoms with E-state index in [9.17, 15) is 9.59 Å². The fraction of sp³-hybridized carbons (Fsp3) is 0.533. The molecule has 0 unspecified atom stereocenters. The summed E-state index contributed by atoms with van der Waals surface area (Å²) in [5.41, 5.74) is 1.35. The van der Waals surface area contributed by atoms with E-state index in [0.717, 1.165) is 12.1 Å². The van der Waals surface area contributed by atoms with Crippen LogP contribution in [0, 0.1) is 18.8 Å². The quantitative estimate of drug-likeness (QED) is 0.801. The van der Waals surface area contributed by atoms with Crippen molar-refractivity contribution in [1.82, 2.24) is 10.3 Å². The number of hydrogen-bond acceptors (Lipinski definition) is 3. The first-order valence-electron chi connectivity index (χ1n) is 6.81. The Morgan fingerprint density at radius 1 is 1.35 bits per heavy atom. The number of carbonyl (C=O) groups is 2. The molecule has 2 N–H and O–H groups in total. The van der Waals surface area contributed by atoms with Crippen LogP contribution in [0.5, 0.6) is 0 Å². The number of carboxylic acids is 1. The van der Waals surface area contributed by atoms with Gasteiger partial charge in [-0.1, -0.05) is 13.8 Å². The van der Waals surface area contributed by atoms with E-state index in [1.165, 1.54) is 6.20 Å². The van der Waals surface area contributed by atoms with E-state index < -0.39 is 5.97 Å². The summed E-state index contributed by atoms with van der Waals surface area (Å²) in [4.78, 5) is 26.8. The molecule has 0 saturated heterocycles. The number of aliphatic carboxylic acids is 1. The Morgan fingerprint density at radius 2 is 2.05 bits per heavy atom. The van der Waals surface area contributed by atoms with Crippen LogP contribution in [0.15, 0.2) is 18.3 Å². The molecule has 5 nitrogen and oxygen atoms in total. The number of nitrogens with one attached hydrogen (secondary N) is 1. The van der Waals surface area contributed by atoms with Gasteiger partial charge in [0.05, 0.1) is 5.56 Å². The molecule has 1 rings (SSSR count). The molecule has 0 bridgehead atoms. The van der Waals surface area contributed by atoms with Gasteiger partial charge in [-0.25, -0.2) is 0 Å². The molecule has 0 aliphatic heterocycles. The molecule has 0 aromatic carbocycles. The predicted octanol–water partition coefficient (Wildman–Crippen LogP) is 2.26. The van der Waals surface area contributed by atoms with Crippen molar-refractivity contribution in [3.05, 3.63) is 29.6 Å². The van der Waals surface area contributed by atoms with Gasteiger partial charge in [-0.05, 0) is 37.3 Å². The van der Waals surface area contributed by atoms with Gasteiger partial charge >= 0.3 is 5.97 Å². The number of amides is 1. The molecule has 0 fully saturated rings. The lowest BCUT2D eigenvalue weighted by Gasteiger charge is -2.17. The van der Waals surface area contributed by atoms with Gasteiger partial charge in [0.2, 0.25) is 0 Å². The Bertz CT molecular complexity index is 455. The third-order valence-electron chi connectivity index (χ3n) is 2.99. The smallest absolute Gasteiger partial charge is 0.303 e. The lowest BCUT2D eigenvalue weighted by Crippen LogP contribution is -2.31. The average Bonchev–Trinajstić information content (AvgIpc) is 2.35. The summed E-state index contributed by atoms with van der Waals surface area (Å²) in [5, 5.41) is 11.7. The van der Waals surface area contributed by atoms with E-state index >= 15 is 0 Å². The molecule has 1 aromatic rings. The van der Waals surface area contributed by atoms with Crippen LogP contribution in [-0.4, -0.2) is 28.5 Å². The fourth-order valence-electron chi connectivity index (χ4n) is 2.09. The molecule has 0 aliphatic carbocycles. The molecule has 1 aromatic heterocycles. The Labute approximate surface area is 119 Å². The van der Waals surface area contributed by atoms with E-state index in [4.69, 9.17) is 5.11 Å². The minimum absolute atomic E-state index is 0.0464. The number of aromatic nitrogens is 1. The SMILES string of the molecule is Cc1ccc(C(=O)NC[C@H](CC(=O)O)CC(C)C)cn1. The molecule has 0 saturated carbocycles. The van der Waals surface area contributed by atoms with Crippen LogP contribution < -0.4 is 5.32 Å². The maximum Gasteiger partial charge on any atom is 0.303 e. The van der Waals surface area contributed by atoms with Crippen LogP contribution in [0.1, 0.15) is 42.7 Å². The largest absolute Gasteiger partial charge is 0.481 e. The molecule has 0 spiro atoms. The highest BCUT2D eigenvalue weighted by atomic mass is 16.4. The summed E-state index contributed by atoms with van der Waals surface area (Å²) in [6, 6.07) is 3.49. The molecule has 20 heavy (non-hydrogen) atoms. The average molecular weight is 278 g/mol. The van der Waals surface area contributed by atoms with Gasteiger partial charge in [0, 0.05) is 24.9 Å². The minimum atomic E-state index is -0.832. The number of hydrogen-bond donors (Lipinski definition) is 2. The maximum absolute atomic E-state index is 11.9. The van der Waals surface area contributed by atoms with Crippen molar-refractivity contribution < 1.29 is 14.7 Å². The summed E-state index contributed by atoms with van der Waals surface area (Å²) in [5.74, 6) is -0.689. The van der Waals surface area contributed by atoms with Gasteiger partial charge in [0.15, 0.2) is 0 Å². The molecule has 5 heteroatoms. The highest BCUT2D eigenvalue weighted by Crippen LogP contribution is 2.15. The molecule has 1 amide bonds. The topological polar surface area (TPSA) is 79.3 Å². The van der Waals surface area contributed by atoms with Crippen LogP contribution in [-0.2, 0) is 4.79 Å². The van der Waals surface area contributed by atoms with Crippen LogP contribution in [0.25, 0.3) is 0 Å². The monoisotopic (exact) mass is 278 g/mol. The maximum atomic E-state index is 11.9. The highest BCUT2D eigenvalue weighted by molar-refractivity contribution is 5.93. The van der Waals surface area contributed by atoms with Crippen LogP contribution in [0.3, 0.4) is 0 Å². The van der Waals surface area contributed by atoms with Crippen LogP contribution in [0.4, 0.5) is 0 Å². The van der Waals surface area contributed by atoms with Crippen molar-refractivity contribution in [2.45, 2.75) is 33.6 Å². The molecule has 1 atom stereocenters. The van der Waals surface area contributed by atoms with Crippen molar-refractivity contribution in [2.75, 3.05) is 6.54 Å². The van der Waals surface area contributed by atoms with Crippen molar-refractivity contribution in [3.8, 4) is 0 Å². The second kappa shape index (κ2) is 7.62. The van der Waals surface area contributed by atoms with Gasteiger partial charge in [-0.3, -0.25) is 14.6 Å². The van der Waals surface area contributed by atoms with Gasteiger partial charge in [-0.2, -0.15) is 0 Å². The van der Waals surface area contributed by atoms with Gasteiger partial charge in [0.25, 0.3) is 5.91 Å². The summed E-state index contributed by atoms with van der Waals surface area (Å²) in [7, 11) is 0. The fourth-order valence-corrected chi connectivity index (χ4v) is 2.09. The van der Waals surface area contributed by atoms with Crippen LogP contribution >= 0.6 is 0 Å². The second-order valence-electron chi connectivity index (χ2n) is 5.49. The molecular formula is C15H22N2O3. The Hall–Kier alpha value is -1.91. The van der Waals surface area contributed by atoms with Crippen molar-refractivity contribution >= 4 is 11.9 Å². The molecule has 110 valence electrons. The zero-order chi connectivity index (χ0) is 15.1. The Kier molecular flexibility index (Phi) is 6.15. The zero-order valence-electron chi connectivity index (χ0n) is 12.2. The van der Waals surface area contributed by atoms with Crippen LogP contribution in [0.2, 0.25) is 0 Å². The number of carboxylic acid groups (broad SMARTS) is 1. The minimum Gasteiger partial charge on any atom is -0.481 e. The lowest BCUT2D eigenvalue weighted by molar-refractivity contribution is -0.138. The number of carbonyl (C=O) groups excluding carboxylic acids is 1. The Balaban J connectivity index is 2.55. The van der Waals surface area contributed by atoms with Crippen molar-refractivity contribution in [2.24, 2.45) is 11.8 Å². The normalized spacial score (nSPS) is 12.2. The molecule has 0 radical (unpaired) electrons. The highest BCUT2D eigenvalue weighted by Gasteiger charge is 2.16. The van der Waals surface area contributed by atoms with Crippen molar-refractivity contribution in [3.63, 3.8) is 0 Å². The summed E-state index contributed by atoms with van der Waals surface area (Å²) < 4.78 is 0. The Morgan fingerprint density at radius 3 is 2.55 bits per heavy atom. The van der Waals surface area contributed by atoms with Gasteiger partial charge < -0.3 is 10.4 Å². The van der Waals surface area contributed by atoms with E-state index in [2.05, 4.69) is 10.3 Å². The molecule has 0 aliphatic rings. The first-order chi connectivity index (χ1) is 9.38. The van der Waals surface area contributed by atoms with Gasteiger partial charge in [-0.15, -0.1) is 0 Å². The number of pyridine rings is 1. The summed E-state index contributed by atoms with van der Waals surface area (Å²) in [6.07, 6.45) is 2.38. The zero-order valence-corrected chi connectivity index (χ0v) is 12.2. The summed E-state index contributed by atoms with van der Waals surface area (Å²) in [6.45, 7) is 6.31. The predicted molar refractivity (Wildman–Crippen MR) is 76.5 cm³/mol. The van der Waals surface area contributed by atoms with E-state index in [0.29, 0.717) is 18.0 Å². The van der Waals surface area contributed by atoms with Gasteiger partial charge in [0.1, 0.15) is 0 Å². The summed E-state index contributed by atoms with van der Waals surface area (Å²) >= 11 is 0. The standard InChI is InChI=1S/C15H22N2O3/c1-10(2)6-12(7-14(18)19)8-17-15(20)13-5-4-11(3)16-9-13/h4-5,9-10,12H,6-8H2,1-3H3,(H,17,20)(H,18,19)/t12-/m0/s1. The third kappa shape index (κ3) is 5.82.